The molecule has 1 aromatic heterocycles. The van der Waals surface area contributed by atoms with E-state index in [0.717, 1.165) is 21.2 Å². The lowest BCUT2D eigenvalue weighted by Gasteiger charge is -2.06. The number of phenols is 1. The number of para-hydroxylation sites is 2. The van der Waals surface area contributed by atoms with Crippen molar-refractivity contribution < 1.29 is 10.0 Å². The number of nitrogens with zero attached hydrogens (tertiary/aromatic N) is 3. The maximum atomic E-state index is 10.9. The Bertz CT molecular complexity index is 978. The number of nitrogens with one attached hydrogen (secondary N) is 1. The molecule has 0 aliphatic heterocycles. The number of hydrogen-bond donors (Lipinski definition) is 2. The van der Waals surface area contributed by atoms with Crippen molar-refractivity contribution in [2.75, 3.05) is 0 Å². The number of phenolic OH excluding ortho intramolecular Hbond substituents is 1. The van der Waals surface area contributed by atoms with Gasteiger partial charge in [-0.2, -0.15) is 5.10 Å². The third-order valence-corrected chi connectivity index (χ3v) is 5.09. The summed E-state index contributed by atoms with van der Waals surface area (Å²) in [5.74, 6) is -0.395. The minimum absolute atomic E-state index is 0.287. The highest BCUT2D eigenvalue weighted by molar-refractivity contribution is 7.99. The number of aromatic amines is 1. The van der Waals surface area contributed by atoms with Gasteiger partial charge >= 0.3 is 5.69 Å². The number of hydrogen-bond acceptors (Lipinski definition) is 6. The zero-order chi connectivity index (χ0) is 18.7. The first kappa shape index (κ1) is 17.7. The molecule has 1 heterocycles. The molecule has 0 unspecified atom stereocenters. The first-order valence-electron chi connectivity index (χ1n) is 7.76. The normalized spacial score (nSPS) is 11.2. The fraction of sp³-hybridized carbons (Fsp3) is 0.111. The Kier molecular flexibility index (Phi) is 5.04. The molecule has 2 aromatic carbocycles. The lowest BCUT2D eigenvalue weighted by molar-refractivity contribution is -0.385. The highest BCUT2D eigenvalue weighted by Gasteiger charge is 2.15. The standard InChI is InChI=1S/C18H16N4O3S/c1-11-18(12(2)21-20-11)26-16-9-4-3-7-14(16)19-10-13-6-5-8-15(17(13)23)22(24)25/h3-10,23H,1-2H3,(H,20,21). The lowest BCUT2D eigenvalue weighted by atomic mass is 10.2. The average molecular weight is 368 g/mol. The molecule has 0 saturated carbocycles. The van der Waals surface area contributed by atoms with Crippen LogP contribution >= 0.6 is 11.8 Å². The molecule has 0 radical (unpaired) electrons. The first-order chi connectivity index (χ1) is 12.5. The van der Waals surface area contributed by atoms with Crippen molar-refractivity contribution in [1.29, 1.82) is 0 Å². The molecule has 2 N–H and O–H groups in total. The molecule has 0 aliphatic rings. The van der Waals surface area contributed by atoms with Gasteiger partial charge in [-0.1, -0.05) is 30.0 Å². The molecule has 0 bridgehead atoms. The molecular weight excluding hydrogens is 352 g/mol. The Balaban J connectivity index is 1.93. The number of nitro groups is 1. The van der Waals surface area contributed by atoms with Gasteiger partial charge in [-0.05, 0) is 32.0 Å². The van der Waals surface area contributed by atoms with Gasteiger partial charge in [0.15, 0.2) is 0 Å². The molecule has 0 amide bonds. The molecular formula is C18H16N4O3S. The van der Waals surface area contributed by atoms with Crippen LogP contribution in [0.2, 0.25) is 0 Å². The van der Waals surface area contributed by atoms with Crippen molar-refractivity contribution in [2.24, 2.45) is 4.99 Å². The Morgan fingerprint density at radius 2 is 2.00 bits per heavy atom. The second-order valence-corrected chi connectivity index (χ2v) is 6.62. The summed E-state index contributed by atoms with van der Waals surface area (Å²) in [5.41, 5.74) is 2.52. The molecule has 0 aliphatic carbocycles. The summed E-state index contributed by atoms with van der Waals surface area (Å²) in [6, 6.07) is 11.9. The summed E-state index contributed by atoms with van der Waals surface area (Å²) in [4.78, 5) is 16.7. The maximum Gasteiger partial charge on any atom is 0.311 e. The zero-order valence-electron chi connectivity index (χ0n) is 14.1. The van der Waals surface area contributed by atoms with Crippen molar-refractivity contribution in [3.05, 3.63) is 69.5 Å². The highest BCUT2D eigenvalue weighted by atomic mass is 32.2. The number of benzene rings is 2. The fourth-order valence-electron chi connectivity index (χ4n) is 2.39. The van der Waals surface area contributed by atoms with Crippen LogP contribution in [0.1, 0.15) is 17.0 Å². The Labute approximate surface area is 154 Å². The van der Waals surface area contributed by atoms with E-state index >= 15 is 0 Å². The van der Waals surface area contributed by atoms with Gasteiger partial charge in [0.05, 0.1) is 21.2 Å². The van der Waals surface area contributed by atoms with E-state index in [-0.39, 0.29) is 11.3 Å². The van der Waals surface area contributed by atoms with Gasteiger partial charge in [-0.25, -0.2) is 0 Å². The number of aliphatic imine (C=N–C) groups is 1. The van der Waals surface area contributed by atoms with Crippen LogP contribution in [0.15, 0.2) is 57.2 Å². The van der Waals surface area contributed by atoms with Gasteiger partial charge in [-0.3, -0.25) is 20.2 Å². The number of rotatable bonds is 5. The molecule has 3 rings (SSSR count). The second-order valence-electron chi connectivity index (χ2n) is 5.56. The van der Waals surface area contributed by atoms with Crippen molar-refractivity contribution in [2.45, 2.75) is 23.6 Å². The van der Waals surface area contributed by atoms with E-state index in [4.69, 9.17) is 0 Å². The maximum absolute atomic E-state index is 10.9. The Morgan fingerprint density at radius 3 is 2.69 bits per heavy atom. The number of aryl methyl sites for hydroxylation is 2. The van der Waals surface area contributed by atoms with Gasteiger partial charge in [0, 0.05) is 28.4 Å². The minimum Gasteiger partial charge on any atom is -0.502 e. The number of nitro benzene ring substituents is 1. The molecule has 0 fully saturated rings. The number of aromatic hydroxyl groups is 1. The summed E-state index contributed by atoms with van der Waals surface area (Å²) in [6.45, 7) is 3.88. The van der Waals surface area contributed by atoms with E-state index in [9.17, 15) is 15.2 Å². The first-order valence-corrected chi connectivity index (χ1v) is 8.58. The van der Waals surface area contributed by atoms with Crippen molar-refractivity contribution in [3.63, 3.8) is 0 Å². The van der Waals surface area contributed by atoms with Crippen LogP contribution in [-0.2, 0) is 0 Å². The molecule has 7 nitrogen and oxygen atoms in total. The minimum atomic E-state index is -0.624. The molecule has 3 aromatic rings. The van der Waals surface area contributed by atoms with Gasteiger partial charge < -0.3 is 5.11 Å². The van der Waals surface area contributed by atoms with Gasteiger partial charge in [-0.15, -0.1) is 0 Å². The van der Waals surface area contributed by atoms with E-state index in [0.29, 0.717) is 5.69 Å². The smallest absolute Gasteiger partial charge is 0.311 e. The van der Waals surface area contributed by atoms with Crippen LogP contribution in [-0.4, -0.2) is 26.4 Å². The van der Waals surface area contributed by atoms with Crippen molar-refractivity contribution >= 4 is 29.4 Å². The predicted molar refractivity (Wildman–Crippen MR) is 101 cm³/mol. The number of H-pyrrole nitrogens is 1. The van der Waals surface area contributed by atoms with Crippen LogP contribution in [0, 0.1) is 24.0 Å². The summed E-state index contributed by atoms with van der Waals surface area (Å²) in [6.07, 6.45) is 1.43. The monoisotopic (exact) mass is 368 g/mol. The SMILES string of the molecule is Cc1n[nH]c(C)c1Sc1ccccc1N=Cc1cccc([N+](=O)[O-])c1O. The quantitative estimate of drug-likeness (QED) is 0.391. The Hall–Kier alpha value is -3.13. The zero-order valence-corrected chi connectivity index (χ0v) is 14.9. The van der Waals surface area contributed by atoms with Crippen LogP contribution < -0.4 is 0 Å². The lowest BCUT2D eigenvalue weighted by Crippen LogP contribution is -1.91. The van der Waals surface area contributed by atoms with Crippen LogP contribution in [0.5, 0.6) is 5.75 Å². The summed E-state index contributed by atoms with van der Waals surface area (Å²) >= 11 is 1.54. The van der Waals surface area contributed by atoms with Crippen LogP contribution in [0.3, 0.4) is 0 Å². The van der Waals surface area contributed by atoms with E-state index in [1.807, 2.05) is 38.1 Å². The molecule has 0 saturated heterocycles. The molecule has 132 valence electrons. The average Bonchev–Trinajstić information content (AvgIpc) is 2.93. The third kappa shape index (κ3) is 3.60. The van der Waals surface area contributed by atoms with Crippen molar-refractivity contribution in [1.82, 2.24) is 10.2 Å². The van der Waals surface area contributed by atoms with E-state index in [2.05, 4.69) is 15.2 Å². The summed E-state index contributed by atoms with van der Waals surface area (Å²) in [5, 5.41) is 28.1. The van der Waals surface area contributed by atoms with E-state index in [1.165, 1.54) is 18.3 Å². The molecule has 26 heavy (non-hydrogen) atoms. The summed E-state index contributed by atoms with van der Waals surface area (Å²) in [7, 11) is 0. The predicted octanol–water partition coefficient (Wildman–Crippen LogP) is 4.54. The van der Waals surface area contributed by atoms with E-state index < -0.39 is 10.7 Å². The van der Waals surface area contributed by atoms with Gasteiger partial charge in [0.25, 0.3) is 0 Å². The van der Waals surface area contributed by atoms with Gasteiger partial charge in [0.1, 0.15) is 0 Å². The molecule has 8 heteroatoms. The number of aromatic nitrogens is 2. The van der Waals surface area contributed by atoms with E-state index in [1.54, 1.807) is 17.8 Å². The highest BCUT2D eigenvalue weighted by Crippen LogP contribution is 2.37. The van der Waals surface area contributed by atoms with Crippen molar-refractivity contribution in [3.8, 4) is 5.75 Å². The Morgan fingerprint density at radius 1 is 1.23 bits per heavy atom. The second kappa shape index (κ2) is 7.40. The largest absolute Gasteiger partial charge is 0.502 e. The topological polar surface area (TPSA) is 104 Å². The van der Waals surface area contributed by atoms with Crippen LogP contribution in [0.25, 0.3) is 0 Å². The summed E-state index contributed by atoms with van der Waals surface area (Å²) < 4.78 is 0. The van der Waals surface area contributed by atoms with Gasteiger partial charge in [0.2, 0.25) is 5.75 Å². The fourth-order valence-corrected chi connectivity index (χ4v) is 3.37. The molecule has 0 spiro atoms. The van der Waals surface area contributed by atoms with Crippen LogP contribution in [0.4, 0.5) is 11.4 Å². The third-order valence-electron chi connectivity index (χ3n) is 3.72. The molecule has 0 atom stereocenters.